The van der Waals surface area contributed by atoms with Crippen LogP contribution in [0.3, 0.4) is 0 Å². The van der Waals surface area contributed by atoms with Crippen LogP contribution < -0.4 is 0 Å². The van der Waals surface area contributed by atoms with Crippen LogP contribution >= 0.6 is 0 Å². The minimum atomic E-state index is -4.43. The Morgan fingerprint density at radius 3 is 2.70 bits per heavy atom. The molecule has 1 saturated carbocycles. The first-order valence-corrected chi connectivity index (χ1v) is 8.41. The first-order valence-electron chi connectivity index (χ1n) is 6.85. The number of aromatic nitrogens is 1. The Morgan fingerprint density at radius 1 is 1.50 bits per heavy atom. The van der Waals surface area contributed by atoms with Gasteiger partial charge in [-0.25, -0.2) is 0 Å². The van der Waals surface area contributed by atoms with Crippen LogP contribution in [0.2, 0.25) is 0 Å². The zero-order valence-corrected chi connectivity index (χ0v) is 12.7. The van der Waals surface area contributed by atoms with E-state index in [1.807, 2.05) is 24.0 Å². The van der Waals surface area contributed by atoms with E-state index in [1.54, 1.807) is 12.4 Å². The van der Waals surface area contributed by atoms with Crippen LogP contribution in [-0.4, -0.2) is 37.1 Å². The maximum atomic E-state index is 12.8. The minimum absolute atomic E-state index is 0.0304. The van der Waals surface area contributed by atoms with Crippen LogP contribution in [0.25, 0.3) is 0 Å². The van der Waals surface area contributed by atoms with Crippen molar-refractivity contribution < 1.29 is 12.3 Å². The third kappa shape index (κ3) is 4.52. The van der Waals surface area contributed by atoms with Crippen molar-refractivity contribution in [2.45, 2.75) is 32.7 Å². The normalized spacial score (nSPS) is 19.0. The summed E-state index contributed by atoms with van der Waals surface area (Å²) in [6, 6.07) is 3.85. The third-order valence-electron chi connectivity index (χ3n) is 4.03. The van der Waals surface area contributed by atoms with Crippen molar-refractivity contribution in [3.05, 3.63) is 30.1 Å². The van der Waals surface area contributed by atoms with Gasteiger partial charge in [0.1, 0.15) is 0 Å². The van der Waals surface area contributed by atoms with Crippen molar-refractivity contribution in [3.8, 4) is 0 Å². The lowest BCUT2D eigenvalue weighted by atomic mass is 10.1. The van der Waals surface area contributed by atoms with Gasteiger partial charge in [-0.15, -0.1) is 3.89 Å². The maximum absolute atomic E-state index is 12.8. The highest BCUT2D eigenvalue weighted by molar-refractivity contribution is 7.86. The van der Waals surface area contributed by atoms with E-state index in [1.165, 1.54) is 0 Å². The Morgan fingerprint density at radius 2 is 2.20 bits per heavy atom. The largest absolute Gasteiger partial charge is 0.303 e. The van der Waals surface area contributed by atoms with Crippen molar-refractivity contribution in [1.82, 2.24) is 9.88 Å². The Bertz CT molecular complexity index is 544. The van der Waals surface area contributed by atoms with Crippen molar-refractivity contribution >= 4 is 10.2 Å². The predicted octanol–water partition coefficient (Wildman–Crippen LogP) is 2.54. The van der Waals surface area contributed by atoms with Gasteiger partial charge >= 0.3 is 10.2 Å². The summed E-state index contributed by atoms with van der Waals surface area (Å²) in [6.45, 7) is 5.19. The number of hydrogen-bond acceptors (Lipinski definition) is 4. The molecule has 0 N–H and O–H groups in total. The van der Waals surface area contributed by atoms with E-state index in [9.17, 15) is 12.3 Å². The summed E-state index contributed by atoms with van der Waals surface area (Å²) in [5.74, 6) is -0.451. The van der Waals surface area contributed by atoms with Crippen molar-refractivity contribution in [2.24, 2.45) is 5.41 Å². The molecule has 20 heavy (non-hydrogen) atoms. The summed E-state index contributed by atoms with van der Waals surface area (Å²) in [7, 11) is -4.43. The fourth-order valence-corrected chi connectivity index (χ4v) is 2.78. The summed E-state index contributed by atoms with van der Waals surface area (Å²) >= 11 is 0. The van der Waals surface area contributed by atoms with Gasteiger partial charge in [0.15, 0.2) is 0 Å². The second-order valence-electron chi connectivity index (χ2n) is 5.99. The van der Waals surface area contributed by atoms with E-state index in [-0.39, 0.29) is 18.0 Å². The van der Waals surface area contributed by atoms with Crippen LogP contribution in [-0.2, 0) is 10.2 Å². The second kappa shape index (κ2) is 5.77. The fraction of sp³-hybridized carbons (Fsp3) is 0.643. The third-order valence-corrected chi connectivity index (χ3v) is 4.70. The van der Waals surface area contributed by atoms with Gasteiger partial charge < -0.3 is 0 Å². The van der Waals surface area contributed by atoms with Crippen LogP contribution in [0.1, 0.15) is 38.3 Å². The molecule has 2 rings (SSSR count). The molecule has 1 unspecified atom stereocenters. The Kier molecular flexibility index (Phi) is 4.44. The van der Waals surface area contributed by atoms with Crippen molar-refractivity contribution in [1.29, 1.82) is 0 Å². The molecule has 0 aromatic carbocycles. The molecular weight excluding hydrogens is 279 g/mol. The van der Waals surface area contributed by atoms with Gasteiger partial charge in [-0.05, 0) is 36.8 Å². The fourth-order valence-electron chi connectivity index (χ4n) is 2.33. The van der Waals surface area contributed by atoms with Crippen LogP contribution in [0.15, 0.2) is 24.5 Å². The van der Waals surface area contributed by atoms with E-state index < -0.39 is 16.0 Å². The SMILES string of the molecule is CC(c1cccnc1)N(CCS(=O)(=O)F)CC1(C)CC1. The summed E-state index contributed by atoms with van der Waals surface area (Å²) in [6.07, 6.45) is 5.77. The highest BCUT2D eigenvalue weighted by Gasteiger charge is 2.39. The molecule has 1 aromatic rings. The number of halogens is 1. The monoisotopic (exact) mass is 300 g/mol. The van der Waals surface area contributed by atoms with Crippen LogP contribution in [0.4, 0.5) is 3.89 Å². The molecule has 0 saturated heterocycles. The topological polar surface area (TPSA) is 50.3 Å². The number of rotatable bonds is 7. The number of hydrogen-bond donors (Lipinski definition) is 0. The summed E-state index contributed by atoms with van der Waals surface area (Å²) in [5.41, 5.74) is 1.27. The van der Waals surface area contributed by atoms with Gasteiger partial charge in [-0.2, -0.15) is 8.42 Å². The number of pyridine rings is 1. The molecule has 1 atom stereocenters. The summed E-state index contributed by atoms with van der Waals surface area (Å²) in [5, 5.41) is 0. The molecule has 1 aliphatic carbocycles. The molecule has 1 heterocycles. The first kappa shape index (κ1) is 15.4. The summed E-state index contributed by atoms with van der Waals surface area (Å²) in [4.78, 5) is 6.13. The average Bonchev–Trinajstić information content (AvgIpc) is 3.12. The molecule has 0 radical (unpaired) electrons. The Hall–Kier alpha value is -1.01. The Labute approximate surface area is 120 Å². The minimum Gasteiger partial charge on any atom is -0.295 e. The van der Waals surface area contributed by atoms with E-state index in [0.29, 0.717) is 0 Å². The molecule has 0 spiro atoms. The van der Waals surface area contributed by atoms with Crippen LogP contribution in [0.5, 0.6) is 0 Å². The lowest BCUT2D eigenvalue weighted by Crippen LogP contribution is -2.35. The lowest BCUT2D eigenvalue weighted by molar-refractivity contribution is 0.184. The molecule has 6 heteroatoms. The van der Waals surface area contributed by atoms with Gasteiger partial charge in [-0.1, -0.05) is 13.0 Å². The van der Waals surface area contributed by atoms with E-state index in [2.05, 4.69) is 11.9 Å². The van der Waals surface area contributed by atoms with Crippen molar-refractivity contribution in [3.63, 3.8) is 0 Å². The maximum Gasteiger partial charge on any atom is 0.303 e. The molecule has 1 fully saturated rings. The van der Waals surface area contributed by atoms with Gasteiger partial charge in [0.2, 0.25) is 0 Å². The molecule has 0 aliphatic heterocycles. The van der Waals surface area contributed by atoms with E-state index >= 15 is 0 Å². The standard InChI is InChI=1S/C14H21FN2O2S/c1-12(13-4-3-7-16-10-13)17(8-9-20(15,18)19)11-14(2)5-6-14/h3-4,7,10,12H,5-6,8-9,11H2,1-2H3. The second-order valence-corrected chi connectivity index (χ2v) is 7.47. The predicted molar refractivity (Wildman–Crippen MR) is 76.5 cm³/mol. The highest BCUT2D eigenvalue weighted by Crippen LogP contribution is 2.46. The van der Waals surface area contributed by atoms with Gasteiger partial charge in [0.05, 0.1) is 5.75 Å². The van der Waals surface area contributed by atoms with Crippen molar-refractivity contribution in [2.75, 3.05) is 18.8 Å². The quantitative estimate of drug-likeness (QED) is 0.726. The van der Waals surface area contributed by atoms with Crippen LogP contribution in [0, 0.1) is 5.41 Å². The summed E-state index contributed by atoms with van der Waals surface area (Å²) < 4.78 is 34.3. The highest BCUT2D eigenvalue weighted by atomic mass is 32.3. The first-order chi connectivity index (χ1) is 9.29. The van der Waals surface area contributed by atoms with Gasteiger partial charge in [-0.3, -0.25) is 9.88 Å². The van der Waals surface area contributed by atoms with E-state index in [0.717, 1.165) is 24.9 Å². The smallest absolute Gasteiger partial charge is 0.295 e. The molecule has 1 aromatic heterocycles. The zero-order valence-electron chi connectivity index (χ0n) is 11.9. The molecule has 0 bridgehead atoms. The van der Waals surface area contributed by atoms with Gasteiger partial charge in [0, 0.05) is 31.5 Å². The Balaban J connectivity index is 2.08. The zero-order chi connectivity index (χ0) is 14.8. The van der Waals surface area contributed by atoms with Gasteiger partial charge in [0.25, 0.3) is 0 Å². The molecule has 0 amide bonds. The lowest BCUT2D eigenvalue weighted by Gasteiger charge is -2.31. The molecule has 1 aliphatic rings. The molecular formula is C14H21FN2O2S. The molecule has 4 nitrogen and oxygen atoms in total. The average molecular weight is 300 g/mol. The number of nitrogens with zero attached hydrogens (tertiary/aromatic N) is 2. The van der Waals surface area contributed by atoms with E-state index in [4.69, 9.17) is 0 Å². The molecule has 112 valence electrons.